The van der Waals surface area contributed by atoms with Crippen LogP contribution in [0.5, 0.6) is 0 Å². The molecule has 0 radical (unpaired) electrons. The van der Waals surface area contributed by atoms with Gasteiger partial charge in [-0.25, -0.2) is 9.98 Å². The summed E-state index contributed by atoms with van der Waals surface area (Å²) < 4.78 is 0. The molecule has 1 unspecified atom stereocenters. The number of allylic oxidation sites excluding steroid dienone is 5. The molecular formula is C45H39N3. The monoisotopic (exact) mass is 621 g/mol. The Balaban J connectivity index is 1.39. The number of fused-ring (bicyclic) bond motifs is 1. The average molecular weight is 622 g/mol. The van der Waals surface area contributed by atoms with E-state index in [9.17, 15) is 0 Å². The molecule has 3 heteroatoms. The molecule has 0 saturated carbocycles. The molecule has 0 aliphatic heterocycles. The zero-order chi connectivity index (χ0) is 33.0. The van der Waals surface area contributed by atoms with Crippen LogP contribution in [0.4, 0.5) is 0 Å². The standard InChI is InChI=1S/C45H39N3/c1-3-4-5-6-10-18-34-29-35(31-41(30-34)37-21-13-8-14-22-37)33-47-45(48-44(46-2)38-23-15-9-16-24-38)43-26-17-25-40-32-39(27-28-42(40)43)36-19-11-7-12-20-36/h3-17,19-32,45,47H,1-2,18,33H2/b5-4-,10-6-,48-44-. The number of hydrogen-bond acceptors (Lipinski definition) is 2. The first-order valence-electron chi connectivity index (χ1n) is 16.3. The van der Waals surface area contributed by atoms with Crippen molar-refractivity contribution in [2.24, 2.45) is 9.98 Å². The van der Waals surface area contributed by atoms with E-state index in [1.807, 2.05) is 48.6 Å². The molecule has 0 bridgehead atoms. The summed E-state index contributed by atoms with van der Waals surface area (Å²) in [5, 5.41) is 6.11. The number of amidine groups is 1. The number of benzene rings is 6. The number of hydrogen-bond donors (Lipinski definition) is 1. The van der Waals surface area contributed by atoms with E-state index in [0.717, 1.165) is 28.3 Å². The maximum Gasteiger partial charge on any atom is 0.155 e. The van der Waals surface area contributed by atoms with Crippen molar-refractivity contribution in [3.8, 4) is 22.3 Å². The number of nitrogens with one attached hydrogen (secondary N) is 1. The summed E-state index contributed by atoms with van der Waals surface area (Å²) in [5.74, 6) is 0.599. The third-order valence-electron chi connectivity index (χ3n) is 8.26. The molecule has 1 atom stereocenters. The van der Waals surface area contributed by atoms with E-state index in [4.69, 9.17) is 4.99 Å². The van der Waals surface area contributed by atoms with Gasteiger partial charge in [-0.15, -0.1) is 0 Å². The Kier molecular flexibility index (Phi) is 10.7. The highest BCUT2D eigenvalue weighted by Crippen LogP contribution is 2.31. The van der Waals surface area contributed by atoms with Crippen molar-refractivity contribution in [1.82, 2.24) is 5.32 Å². The lowest BCUT2D eigenvalue weighted by Crippen LogP contribution is -2.21. The number of nitrogens with zero attached hydrogens (tertiary/aromatic N) is 2. The van der Waals surface area contributed by atoms with Gasteiger partial charge < -0.3 is 0 Å². The molecule has 0 saturated heterocycles. The second-order valence-electron chi connectivity index (χ2n) is 11.6. The molecule has 0 aromatic heterocycles. The van der Waals surface area contributed by atoms with Crippen molar-refractivity contribution in [2.45, 2.75) is 19.1 Å². The lowest BCUT2D eigenvalue weighted by Gasteiger charge is -2.20. The summed E-state index contributed by atoms with van der Waals surface area (Å²) in [4.78, 5) is 9.59. The van der Waals surface area contributed by atoms with Crippen molar-refractivity contribution >= 4 is 23.3 Å². The Bertz CT molecular complexity index is 2070. The lowest BCUT2D eigenvalue weighted by molar-refractivity contribution is 0.557. The first kappa shape index (κ1) is 32.1. The molecule has 0 heterocycles. The fraction of sp³-hybridized carbons (Fsp3) is 0.0667. The lowest BCUT2D eigenvalue weighted by atomic mass is 9.96. The Morgan fingerprint density at radius 3 is 2.02 bits per heavy atom. The molecule has 0 aliphatic rings. The highest BCUT2D eigenvalue weighted by Gasteiger charge is 2.16. The van der Waals surface area contributed by atoms with Gasteiger partial charge in [0.05, 0.1) is 0 Å². The van der Waals surface area contributed by atoms with Crippen molar-refractivity contribution in [1.29, 1.82) is 0 Å². The highest BCUT2D eigenvalue weighted by molar-refractivity contribution is 6.01. The van der Waals surface area contributed by atoms with Gasteiger partial charge in [-0.3, -0.25) is 5.32 Å². The molecule has 6 rings (SSSR count). The Hall–Kier alpha value is -5.90. The van der Waals surface area contributed by atoms with E-state index >= 15 is 0 Å². The normalized spacial score (nSPS) is 12.5. The third-order valence-corrected chi connectivity index (χ3v) is 8.26. The maximum atomic E-state index is 5.21. The second-order valence-corrected chi connectivity index (χ2v) is 11.6. The third kappa shape index (κ3) is 8.08. The molecule has 3 nitrogen and oxygen atoms in total. The van der Waals surface area contributed by atoms with Gasteiger partial charge in [0.1, 0.15) is 6.17 Å². The van der Waals surface area contributed by atoms with Crippen LogP contribution in [0.2, 0.25) is 0 Å². The van der Waals surface area contributed by atoms with Crippen LogP contribution in [0, 0.1) is 0 Å². The van der Waals surface area contributed by atoms with E-state index in [2.05, 4.69) is 145 Å². The summed E-state index contributed by atoms with van der Waals surface area (Å²) in [6, 6.07) is 51.0. The molecule has 1 N–H and O–H groups in total. The SMILES string of the molecule is C=C/C=C\C=C/Cc1cc(CNC(/N=C(\N=C)c2ccccc2)c2cccc3cc(-c4ccccc4)ccc23)cc(-c2ccccc2)c1. The van der Waals surface area contributed by atoms with Gasteiger partial charge in [0.15, 0.2) is 5.84 Å². The fourth-order valence-corrected chi connectivity index (χ4v) is 5.92. The second kappa shape index (κ2) is 16.1. The summed E-state index contributed by atoms with van der Waals surface area (Å²) in [5.41, 5.74) is 9.20. The Labute approximate surface area is 284 Å². The van der Waals surface area contributed by atoms with E-state index in [-0.39, 0.29) is 6.17 Å². The van der Waals surface area contributed by atoms with Gasteiger partial charge in [0.25, 0.3) is 0 Å². The molecule has 0 fully saturated rings. The molecule has 0 amide bonds. The van der Waals surface area contributed by atoms with Crippen LogP contribution in [0.25, 0.3) is 33.0 Å². The first-order valence-corrected chi connectivity index (χ1v) is 16.3. The van der Waals surface area contributed by atoms with E-state index in [1.165, 1.54) is 33.4 Å². The molecule has 6 aromatic rings. The first-order chi connectivity index (χ1) is 23.7. The molecule has 48 heavy (non-hydrogen) atoms. The van der Waals surface area contributed by atoms with Crippen LogP contribution in [0.3, 0.4) is 0 Å². The van der Waals surface area contributed by atoms with Crippen molar-refractivity contribution in [2.75, 3.05) is 0 Å². The van der Waals surface area contributed by atoms with Gasteiger partial charge in [0, 0.05) is 12.1 Å². The van der Waals surface area contributed by atoms with Crippen LogP contribution in [-0.4, -0.2) is 12.6 Å². The van der Waals surface area contributed by atoms with Crippen molar-refractivity contribution in [3.05, 3.63) is 205 Å². The van der Waals surface area contributed by atoms with Gasteiger partial charge >= 0.3 is 0 Å². The zero-order valence-corrected chi connectivity index (χ0v) is 27.0. The maximum absolute atomic E-state index is 5.21. The van der Waals surface area contributed by atoms with Crippen molar-refractivity contribution in [3.63, 3.8) is 0 Å². The smallest absolute Gasteiger partial charge is 0.155 e. The fourth-order valence-electron chi connectivity index (χ4n) is 5.92. The quantitative estimate of drug-likeness (QED) is 0.0824. The number of aliphatic imine (C=N–C) groups is 2. The molecule has 6 aromatic carbocycles. The van der Waals surface area contributed by atoms with Crippen LogP contribution < -0.4 is 5.32 Å². The summed E-state index contributed by atoms with van der Waals surface area (Å²) in [7, 11) is 0. The van der Waals surface area contributed by atoms with Crippen molar-refractivity contribution < 1.29 is 0 Å². The average Bonchev–Trinajstić information content (AvgIpc) is 3.15. The van der Waals surface area contributed by atoms with Gasteiger partial charge in [-0.1, -0.05) is 170 Å². The van der Waals surface area contributed by atoms with E-state index in [1.54, 1.807) is 6.08 Å². The Morgan fingerprint density at radius 1 is 0.625 bits per heavy atom. The summed E-state index contributed by atoms with van der Waals surface area (Å²) in [6.07, 6.45) is 10.4. The highest BCUT2D eigenvalue weighted by atomic mass is 15.1. The predicted molar refractivity (Wildman–Crippen MR) is 206 cm³/mol. The number of rotatable bonds is 12. The van der Waals surface area contributed by atoms with Gasteiger partial charge in [-0.05, 0) is 75.0 Å². The van der Waals surface area contributed by atoms with E-state index < -0.39 is 0 Å². The molecule has 0 aliphatic carbocycles. The summed E-state index contributed by atoms with van der Waals surface area (Å²) in [6.45, 7) is 8.26. The van der Waals surface area contributed by atoms with Crippen LogP contribution in [0.15, 0.2) is 193 Å². The van der Waals surface area contributed by atoms with E-state index in [0.29, 0.717) is 12.4 Å². The Morgan fingerprint density at radius 2 is 1.31 bits per heavy atom. The van der Waals surface area contributed by atoms with Gasteiger partial charge in [0.2, 0.25) is 0 Å². The minimum Gasteiger partial charge on any atom is -0.288 e. The summed E-state index contributed by atoms with van der Waals surface area (Å²) >= 11 is 0. The van der Waals surface area contributed by atoms with Crippen LogP contribution in [0.1, 0.15) is 28.4 Å². The van der Waals surface area contributed by atoms with Gasteiger partial charge in [-0.2, -0.15) is 0 Å². The molecular weight excluding hydrogens is 583 g/mol. The molecule has 234 valence electrons. The van der Waals surface area contributed by atoms with Crippen LogP contribution in [-0.2, 0) is 13.0 Å². The largest absolute Gasteiger partial charge is 0.288 e. The zero-order valence-electron chi connectivity index (χ0n) is 27.0. The predicted octanol–water partition coefficient (Wildman–Crippen LogP) is 11.0. The minimum absolute atomic E-state index is 0.371. The molecule has 0 spiro atoms. The topological polar surface area (TPSA) is 36.8 Å². The minimum atomic E-state index is -0.371. The van der Waals surface area contributed by atoms with Crippen LogP contribution >= 0.6 is 0 Å².